The summed E-state index contributed by atoms with van der Waals surface area (Å²) in [6.45, 7) is -0.516. The van der Waals surface area contributed by atoms with Crippen LogP contribution in [-0.2, 0) is 12.7 Å². The summed E-state index contributed by atoms with van der Waals surface area (Å²) in [5, 5.41) is 2.33. The Morgan fingerprint density at radius 1 is 1.08 bits per heavy atom. The lowest BCUT2D eigenvalue weighted by atomic mass is 10.1. The molecule has 2 amide bonds. The monoisotopic (exact) mass is 362 g/mol. The lowest BCUT2D eigenvalue weighted by Crippen LogP contribution is -2.20. The van der Waals surface area contributed by atoms with E-state index in [1.54, 1.807) is 12.1 Å². The number of rotatable bonds is 4. The quantitative estimate of drug-likeness (QED) is 0.697. The number of nitrogens with one attached hydrogen (secondary N) is 1. The molecule has 0 saturated heterocycles. The number of carbonyl (C=O) groups is 2. The van der Waals surface area contributed by atoms with Crippen molar-refractivity contribution < 1.29 is 22.8 Å². The Morgan fingerprint density at radius 2 is 1.73 bits per heavy atom. The van der Waals surface area contributed by atoms with E-state index in [0.717, 1.165) is 4.57 Å². The van der Waals surface area contributed by atoms with Gasteiger partial charge >= 0.3 is 12.2 Å². The number of nitrogens with two attached hydrogens (primary N) is 1. The van der Waals surface area contributed by atoms with E-state index in [-0.39, 0.29) is 16.6 Å². The summed E-state index contributed by atoms with van der Waals surface area (Å²) in [7, 11) is 0. The molecular formula is C17H13F3N4O2. The van der Waals surface area contributed by atoms with Gasteiger partial charge in [0.05, 0.1) is 17.6 Å². The number of imidazole rings is 1. The van der Waals surface area contributed by atoms with Crippen LogP contribution in [0.1, 0.15) is 16.2 Å². The number of aromatic nitrogens is 2. The van der Waals surface area contributed by atoms with E-state index < -0.39 is 30.4 Å². The Balaban J connectivity index is 1.93. The lowest BCUT2D eigenvalue weighted by molar-refractivity contribution is -0.146. The van der Waals surface area contributed by atoms with Gasteiger partial charge < -0.3 is 15.6 Å². The van der Waals surface area contributed by atoms with Crippen LogP contribution in [0.4, 0.5) is 23.7 Å². The first-order valence-electron chi connectivity index (χ1n) is 7.48. The maximum Gasteiger partial charge on any atom is 0.449 e. The summed E-state index contributed by atoms with van der Waals surface area (Å²) >= 11 is 0. The van der Waals surface area contributed by atoms with E-state index in [1.165, 1.54) is 36.4 Å². The molecule has 1 aromatic heterocycles. The molecule has 0 spiro atoms. The fourth-order valence-electron chi connectivity index (χ4n) is 2.57. The third-order valence-corrected chi connectivity index (χ3v) is 3.68. The molecule has 0 radical (unpaired) electrons. The predicted octanol–water partition coefficient (Wildman–Crippen LogP) is 3.43. The molecule has 1 heterocycles. The molecule has 0 aliphatic heterocycles. The second kappa shape index (κ2) is 6.51. The Labute approximate surface area is 145 Å². The SMILES string of the molecule is NC(=O)Nc1ccc(C(=O)Cn2c(C(F)(F)F)nc3ccccc32)cc1. The number of urea groups is 1. The van der Waals surface area contributed by atoms with Gasteiger partial charge in [-0.1, -0.05) is 12.1 Å². The van der Waals surface area contributed by atoms with Crippen molar-refractivity contribution in [2.45, 2.75) is 12.7 Å². The maximum atomic E-state index is 13.3. The summed E-state index contributed by atoms with van der Waals surface area (Å²) in [4.78, 5) is 26.8. The number of primary amides is 1. The molecule has 0 aliphatic rings. The Hall–Kier alpha value is -3.36. The molecular weight excluding hydrogens is 349 g/mol. The number of hydrogen-bond donors (Lipinski definition) is 2. The van der Waals surface area contributed by atoms with Gasteiger partial charge in [0, 0.05) is 11.3 Å². The van der Waals surface area contributed by atoms with E-state index in [1.807, 2.05) is 0 Å². The van der Waals surface area contributed by atoms with Crippen LogP contribution >= 0.6 is 0 Å². The van der Waals surface area contributed by atoms with Crippen molar-refractivity contribution >= 4 is 28.5 Å². The van der Waals surface area contributed by atoms with Crippen LogP contribution < -0.4 is 11.1 Å². The Kier molecular flexibility index (Phi) is 4.37. The Bertz CT molecular complexity index is 978. The summed E-state index contributed by atoms with van der Waals surface area (Å²) in [5.41, 5.74) is 5.95. The molecule has 3 N–H and O–H groups in total. The first-order valence-corrected chi connectivity index (χ1v) is 7.48. The number of amides is 2. The van der Waals surface area contributed by atoms with E-state index in [4.69, 9.17) is 5.73 Å². The highest BCUT2D eigenvalue weighted by molar-refractivity contribution is 5.97. The smallest absolute Gasteiger partial charge is 0.351 e. The minimum atomic E-state index is -4.69. The van der Waals surface area contributed by atoms with Crippen molar-refractivity contribution in [1.82, 2.24) is 9.55 Å². The normalized spacial score (nSPS) is 11.5. The minimum absolute atomic E-state index is 0.161. The van der Waals surface area contributed by atoms with Crippen molar-refractivity contribution in [3.8, 4) is 0 Å². The van der Waals surface area contributed by atoms with Gasteiger partial charge in [-0.2, -0.15) is 13.2 Å². The van der Waals surface area contributed by atoms with Gasteiger partial charge in [-0.25, -0.2) is 9.78 Å². The zero-order valence-corrected chi connectivity index (χ0v) is 13.2. The van der Waals surface area contributed by atoms with Crippen LogP contribution in [-0.4, -0.2) is 21.4 Å². The van der Waals surface area contributed by atoms with Gasteiger partial charge in [-0.05, 0) is 36.4 Å². The van der Waals surface area contributed by atoms with Crippen LogP contribution in [0.5, 0.6) is 0 Å². The number of ketones is 1. The van der Waals surface area contributed by atoms with E-state index in [0.29, 0.717) is 5.69 Å². The number of nitrogens with zero attached hydrogens (tertiary/aromatic N) is 2. The van der Waals surface area contributed by atoms with Crippen molar-refractivity contribution in [3.63, 3.8) is 0 Å². The van der Waals surface area contributed by atoms with E-state index in [9.17, 15) is 22.8 Å². The number of hydrogen-bond acceptors (Lipinski definition) is 3. The largest absolute Gasteiger partial charge is 0.449 e. The number of carbonyl (C=O) groups excluding carboxylic acids is 2. The number of fused-ring (bicyclic) bond motifs is 1. The summed E-state index contributed by atoms with van der Waals surface area (Å²) in [6.07, 6.45) is -4.69. The average molecular weight is 362 g/mol. The van der Waals surface area contributed by atoms with Gasteiger partial charge in [0.15, 0.2) is 5.78 Å². The number of para-hydroxylation sites is 2. The number of halogens is 3. The van der Waals surface area contributed by atoms with Gasteiger partial charge in [0.25, 0.3) is 0 Å². The topological polar surface area (TPSA) is 90.0 Å². The molecule has 2 aromatic carbocycles. The molecule has 0 saturated carbocycles. The summed E-state index contributed by atoms with van der Waals surface area (Å²) in [5.74, 6) is -1.65. The molecule has 3 rings (SSSR count). The predicted molar refractivity (Wildman–Crippen MR) is 88.7 cm³/mol. The summed E-state index contributed by atoms with van der Waals surface area (Å²) in [6, 6.07) is 11.0. The number of benzene rings is 2. The third-order valence-electron chi connectivity index (χ3n) is 3.68. The Morgan fingerprint density at radius 3 is 2.35 bits per heavy atom. The molecule has 0 bridgehead atoms. The zero-order valence-electron chi connectivity index (χ0n) is 13.2. The van der Waals surface area contributed by atoms with Crippen LogP contribution in [0.25, 0.3) is 11.0 Å². The lowest BCUT2D eigenvalue weighted by Gasteiger charge is -2.11. The van der Waals surface area contributed by atoms with Gasteiger partial charge in [-0.15, -0.1) is 0 Å². The van der Waals surface area contributed by atoms with Gasteiger partial charge in [0.1, 0.15) is 0 Å². The van der Waals surface area contributed by atoms with Crippen molar-refractivity contribution in [1.29, 1.82) is 0 Å². The summed E-state index contributed by atoms with van der Waals surface area (Å²) < 4.78 is 40.7. The third kappa shape index (κ3) is 3.51. The molecule has 0 unspecified atom stereocenters. The average Bonchev–Trinajstić information content (AvgIpc) is 2.94. The van der Waals surface area contributed by atoms with Gasteiger partial charge in [0.2, 0.25) is 5.82 Å². The molecule has 0 atom stereocenters. The number of anilines is 1. The molecule has 26 heavy (non-hydrogen) atoms. The van der Waals surface area contributed by atoms with Crippen LogP contribution in [0.2, 0.25) is 0 Å². The maximum absolute atomic E-state index is 13.3. The number of Topliss-reactive ketones (excluding diaryl/α,β-unsaturated/α-hetero) is 1. The van der Waals surface area contributed by atoms with Crippen molar-refractivity contribution in [3.05, 3.63) is 59.9 Å². The van der Waals surface area contributed by atoms with E-state index in [2.05, 4.69) is 10.3 Å². The highest BCUT2D eigenvalue weighted by atomic mass is 19.4. The zero-order chi connectivity index (χ0) is 18.9. The van der Waals surface area contributed by atoms with Crippen molar-refractivity contribution in [2.75, 3.05) is 5.32 Å². The number of alkyl halides is 3. The molecule has 0 aliphatic carbocycles. The molecule has 9 heteroatoms. The van der Waals surface area contributed by atoms with Crippen molar-refractivity contribution in [2.24, 2.45) is 5.73 Å². The first kappa shape index (κ1) is 17.5. The highest BCUT2D eigenvalue weighted by Gasteiger charge is 2.38. The van der Waals surface area contributed by atoms with Crippen LogP contribution in [0, 0.1) is 0 Å². The molecule has 0 fully saturated rings. The molecule has 3 aromatic rings. The minimum Gasteiger partial charge on any atom is -0.351 e. The fraction of sp³-hybridized carbons (Fsp3) is 0.118. The molecule has 6 nitrogen and oxygen atoms in total. The first-order chi connectivity index (χ1) is 12.3. The molecule has 134 valence electrons. The standard InChI is InChI=1S/C17H13F3N4O2/c18-17(19,20)15-23-12-3-1-2-4-13(12)24(15)9-14(25)10-5-7-11(8-6-10)22-16(21)26/h1-8H,9H2,(H3,21,22,26). The second-order valence-corrected chi connectivity index (χ2v) is 5.50. The van der Waals surface area contributed by atoms with E-state index >= 15 is 0 Å². The van der Waals surface area contributed by atoms with Gasteiger partial charge in [-0.3, -0.25) is 4.79 Å². The highest BCUT2D eigenvalue weighted by Crippen LogP contribution is 2.31. The van der Waals surface area contributed by atoms with Crippen LogP contribution in [0.3, 0.4) is 0 Å². The second-order valence-electron chi connectivity index (χ2n) is 5.50. The van der Waals surface area contributed by atoms with Crippen LogP contribution in [0.15, 0.2) is 48.5 Å². The fourth-order valence-corrected chi connectivity index (χ4v) is 2.57.